The van der Waals surface area contributed by atoms with E-state index in [1.807, 2.05) is 17.0 Å². The van der Waals surface area contributed by atoms with Crippen LogP contribution in [0.2, 0.25) is 0 Å². The van der Waals surface area contributed by atoms with Gasteiger partial charge in [-0.05, 0) is 37.0 Å². The van der Waals surface area contributed by atoms with Gasteiger partial charge < -0.3 is 15.1 Å². The van der Waals surface area contributed by atoms with Crippen molar-refractivity contribution in [2.45, 2.75) is 19.8 Å². The molecule has 1 unspecified atom stereocenters. The molecule has 3 rings (SSSR count). The molecular formula is C18H28N4O3S. The highest BCUT2D eigenvalue weighted by atomic mass is 32.2. The predicted molar refractivity (Wildman–Crippen MR) is 104 cm³/mol. The Hall–Kier alpha value is -1.80. The van der Waals surface area contributed by atoms with E-state index < -0.39 is 10.0 Å². The van der Waals surface area contributed by atoms with Crippen molar-refractivity contribution < 1.29 is 13.2 Å². The second-order valence-corrected chi connectivity index (χ2v) is 9.09. The zero-order valence-corrected chi connectivity index (χ0v) is 16.3. The number of piperazine rings is 1. The summed E-state index contributed by atoms with van der Waals surface area (Å²) in [4.78, 5) is 16.9. The van der Waals surface area contributed by atoms with Gasteiger partial charge in [-0.3, -0.25) is 9.52 Å². The largest absolute Gasteiger partial charge is 0.367 e. The Bertz CT molecular complexity index is 760. The number of carbonyl (C=O) groups excluding carboxylic acids is 1. The summed E-state index contributed by atoms with van der Waals surface area (Å²) < 4.78 is 26.2. The summed E-state index contributed by atoms with van der Waals surface area (Å²) >= 11 is 0. The maximum Gasteiger partial charge on any atom is 0.253 e. The van der Waals surface area contributed by atoms with E-state index in [-0.39, 0.29) is 5.91 Å². The van der Waals surface area contributed by atoms with Crippen molar-refractivity contribution in [2.24, 2.45) is 5.92 Å². The second kappa shape index (κ2) is 7.84. The molecule has 144 valence electrons. The lowest BCUT2D eigenvalue weighted by atomic mass is 9.99. The number of nitrogens with one attached hydrogen (secondary N) is 2. The molecule has 2 aliphatic heterocycles. The van der Waals surface area contributed by atoms with Crippen LogP contribution in [0.3, 0.4) is 0 Å². The van der Waals surface area contributed by atoms with E-state index in [0.717, 1.165) is 64.1 Å². The number of anilines is 2. The molecule has 2 N–H and O–H groups in total. The number of nitrogens with zero attached hydrogens (tertiary/aromatic N) is 2. The fourth-order valence-electron chi connectivity index (χ4n) is 3.69. The van der Waals surface area contributed by atoms with Crippen LogP contribution in [0, 0.1) is 5.92 Å². The molecule has 2 aliphatic rings. The molecule has 0 bridgehead atoms. The molecule has 0 spiro atoms. The average molecular weight is 381 g/mol. The molecule has 2 heterocycles. The van der Waals surface area contributed by atoms with Gasteiger partial charge in [-0.25, -0.2) is 8.42 Å². The normalized spacial score (nSPS) is 21.5. The lowest BCUT2D eigenvalue weighted by molar-refractivity contribution is 0.0683. The van der Waals surface area contributed by atoms with Crippen LogP contribution < -0.4 is 14.9 Å². The molecule has 7 nitrogen and oxygen atoms in total. The Morgan fingerprint density at radius 1 is 1.23 bits per heavy atom. The molecule has 0 aromatic heterocycles. The zero-order valence-electron chi connectivity index (χ0n) is 15.5. The third-order valence-corrected chi connectivity index (χ3v) is 5.53. The van der Waals surface area contributed by atoms with Crippen LogP contribution >= 0.6 is 0 Å². The lowest BCUT2D eigenvalue weighted by Gasteiger charge is -2.32. The molecule has 26 heavy (non-hydrogen) atoms. The van der Waals surface area contributed by atoms with Crippen molar-refractivity contribution in [1.29, 1.82) is 0 Å². The third-order valence-electron chi connectivity index (χ3n) is 4.94. The number of hydrogen-bond donors (Lipinski definition) is 2. The summed E-state index contributed by atoms with van der Waals surface area (Å²) in [7, 11) is -3.43. The number of piperidine rings is 1. The summed E-state index contributed by atoms with van der Waals surface area (Å²) in [6, 6.07) is 5.35. The molecule has 0 radical (unpaired) electrons. The highest BCUT2D eigenvalue weighted by molar-refractivity contribution is 7.92. The molecule has 2 saturated heterocycles. The molecule has 2 fully saturated rings. The van der Waals surface area contributed by atoms with Gasteiger partial charge in [0.1, 0.15) is 0 Å². The van der Waals surface area contributed by atoms with Crippen LogP contribution in [-0.2, 0) is 10.0 Å². The van der Waals surface area contributed by atoms with Gasteiger partial charge in [0.2, 0.25) is 10.0 Å². The van der Waals surface area contributed by atoms with E-state index in [1.165, 1.54) is 0 Å². The number of sulfonamides is 1. The summed E-state index contributed by atoms with van der Waals surface area (Å²) in [6.45, 7) is 6.98. The number of amides is 1. The van der Waals surface area contributed by atoms with Crippen LogP contribution in [0.1, 0.15) is 30.1 Å². The van der Waals surface area contributed by atoms with Gasteiger partial charge in [0.15, 0.2) is 0 Å². The maximum absolute atomic E-state index is 12.9. The van der Waals surface area contributed by atoms with E-state index in [1.54, 1.807) is 6.07 Å². The predicted octanol–water partition coefficient (Wildman–Crippen LogP) is 1.34. The molecule has 1 aromatic carbocycles. The third kappa shape index (κ3) is 4.67. The van der Waals surface area contributed by atoms with E-state index in [0.29, 0.717) is 17.2 Å². The Balaban J connectivity index is 1.89. The van der Waals surface area contributed by atoms with E-state index in [2.05, 4.69) is 21.9 Å². The van der Waals surface area contributed by atoms with Gasteiger partial charge in [0, 0.05) is 44.8 Å². The standard InChI is InChI=1S/C18H28N4O3S/c1-14-4-3-9-22(13-14)18(23)15-5-6-17(21-10-7-19-8-11-21)16(12-15)20-26(2,24)25/h5-6,12,14,19-20H,3-4,7-11,13H2,1-2H3. The van der Waals surface area contributed by atoms with E-state index >= 15 is 0 Å². The van der Waals surface area contributed by atoms with Crippen LogP contribution in [-0.4, -0.2) is 64.7 Å². The molecule has 1 amide bonds. The van der Waals surface area contributed by atoms with Gasteiger partial charge >= 0.3 is 0 Å². The van der Waals surface area contributed by atoms with Crippen molar-refractivity contribution in [1.82, 2.24) is 10.2 Å². The Morgan fingerprint density at radius 2 is 1.96 bits per heavy atom. The summed E-state index contributed by atoms with van der Waals surface area (Å²) in [5.74, 6) is 0.474. The minimum absolute atomic E-state index is 0.0278. The van der Waals surface area contributed by atoms with E-state index in [9.17, 15) is 13.2 Å². The minimum Gasteiger partial charge on any atom is -0.367 e. The van der Waals surface area contributed by atoms with Crippen LogP contribution in [0.4, 0.5) is 11.4 Å². The van der Waals surface area contributed by atoms with Crippen molar-refractivity contribution >= 4 is 27.3 Å². The quantitative estimate of drug-likeness (QED) is 0.824. The first-order chi connectivity index (χ1) is 12.3. The minimum atomic E-state index is -3.43. The van der Waals surface area contributed by atoms with Crippen molar-refractivity contribution in [3.8, 4) is 0 Å². The van der Waals surface area contributed by atoms with E-state index in [4.69, 9.17) is 0 Å². The fourth-order valence-corrected chi connectivity index (χ4v) is 4.25. The van der Waals surface area contributed by atoms with Crippen molar-refractivity contribution in [3.05, 3.63) is 23.8 Å². The molecule has 1 atom stereocenters. The number of hydrogen-bond acceptors (Lipinski definition) is 5. The first-order valence-corrected chi connectivity index (χ1v) is 11.1. The summed E-state index contributed by atoms with van der Waals surface area (Å²) in [5, 5.41) is 3.29. The van der Waals surface area contributed by atoms with Gasteiger partial charge in [-0.15, -0.1) is 0 Å². The summed E-state index contributed by atoms with van der Waals surface area (Å²) in [5.41, 5.74) is 1.83. The maximum atomic E-state index is 12.9. The van der Waals surface area contributed by atoms with Gasteiger partial charge in [0.05, 0.1) is 17.6 Å². The molecular weight excluding hydrogens is 352 g/mol. The molecule has 0 saturated carbocycles. The highest BCUT2D eigenvalue weighted by Gasteiger charge is 2.24. The van der Waals surface area contributed by atoms with Gasteiger partial charge in [-0.1, -0.05) is 6.92 Å². The monoisotopic (exact) mass is 380 g/mol. The Labute approximate surface area is 155 Å². The lowest BCUT2D eigenvalue weighted by Crippen LogP contribution is -2.44. The number of benzene rings is 1. The number of likely N-dealkylation sites (tertiary alicyclic amines) is 1. The number of carbonyl (C=O) groups is 1. The van der Waals surface area contributed by atoms with Crippen LogP contribution in [0.15, 0.2) is 18.2 Å². The second-order valence-electron chi connectivity index (χ2n) is 7.34. The fraction of sp³-hybridized carbons (Fsp3) is 0.611. The van der Waals surface area contributed by atoms with Gasteiger partial charge in [0.25, 0.3) is 5.91 Å². The van der Waals surface area contributed by atoms with Gasteiger partial charge in [-0.2, -0.15) is 0 Å². The molecule has 1 aromatic rings. The Morgan fingerprint density at radius 3 is 2.62 bits per heavy atom. The summed E-state index contributed by atoms with van der Waals surface area (Å²) in [6.07, 6.45) is 3.29. The first-order valence-electron chi connectivity index (χ1n) is 9.20. The van der Waals surface area contributed by atoms with Crippen molar-refractivity contribution in [3.63, 3.8) is 0 Å². The van der Waals surface area contributed by atoms with Crippen molar-refractivity contribution in [2.75, 3.05) is 55.1 Å². The first kappa shape index (κ1) is 19.0. The zero-order chi connectivity index (χ0) is 18.7. The highest BCUT2D eigenvalue weighted by Crippen LogP contribution is 2.29. The smallest absolute Gasteiger partial charge is 0.253 e. The average Bonchev–Trinajstić information content (AvgIpc) is 2.60. The van der Waals surface area contributed by atoms with Crippen LogP contribution in [0.5, 0.6) is 0 Å². The topological polar surface area (TPSA) is 81.8 Å². The SMILES string of the molecule is CC1CCCN(C(=O)c2ccc(N3CCNCC3)c(NS(C)(=O)=O)c2)C1. The number of rotatable bonds is 4. The Kier molecular flexibility index (Phi) is 5.72. The van der Waals surface area contributed by atoms with Crippen LogP contribution in [0.25, 0.3) is 0 Å². The molecule has 8 heteroatoms. The molecule has 0 aliphatic carbocycles.